The van der Waals surface area contributed by atoms with Crippen LogP contribution in [0.15, 0.2) is 53.3 Å². The van der Waals surface area contributed by atoms with Crippen molar-refractivity contribution in [1.82, 2.24) is 15.1 Å². The number of carbonyl (C=O) groups is 2. The molecule has 7 nitrogen and oxygen atoms in total. The molecule has 0 unspecified atom stereocenters. The maximum Gasteiger partial charge on any atom is 0.359 e. The van der Waals surface area contributed by atoms with Gasteiger partial charge in [-0.25, -0.2) is 9.89 Å². The summed E-state index contributed by atoms with van der Waals surface area (Å²) in [4.78, 5) is 37.8. The SMILES string of the molecule is Cc1ccc(CN(C)C(=O)COC(=O)c2n[nH]c(=O)c3ccccc23)cc1. The van der Waals surface area contributed by atoms with Crippen molar-refractivity contribution in [3.8, 4) is 0 Å². The van der Waals surface area contributed by atoms with E-state index in [0.29, 0.717) is 17.3 Å². The molecule has 3 rings (SSSR count). The van der Waals surface area contributed by atoms with Gasteiger partial charge in [-0.15, -0.1) is 0 Å². The predicted octanol–water partition coefficient (Wildman–Crippen LogP) is 2.05. The van der Waals surface area contributed by atoms with Crippen molar-refractivity contribution in [2.75, 3.05) is 13.7 Å². The average molecular weight is 365 g/mol. The van der Waals surface area contributed by atoms with Crippen LogP contribution in [0.2, 0.25) is 0 Å². The molecule has 0 bridgehead atoms. The minimum Gasteiger partial charge on any atom is -0.451 e. The number of rotatable bonds is 5. The van der Waals surface area contributed by atoms with Gasteiger partial charge < -0.3 is 9.64 Å². The summed E-state index contributed by atoms with van der Waals surface area (Å²) in [7, 11) is 1.64. The number of fused-ring (bicyclic) bond motifs is 1. The average Bonchev–Trinajstić information content (AvgIpc) is 2.68. The normalized spacial score (nSPS) is 10.6. The summed E-state index contributed by atoms with van der Waals surface area (Å²) in [5, 5.41) is 6.75. The van der Waals surface area contributed by atoms with Crippen LogP contribution in [0.5, 0.6) is 0 Å². The summed E-state index contributed by atoms with van der Waals surface area (Å²) < 4.78 is 5.10. The lowest BCUT2D eigenvalue weighted by Gasteiger charge is -2.17. The lowest BCUT2D eigenvalue weighted by molar-refractivity contribution is -0.133. The molecule has 27 heavy (non-hydrogen) atoms. The number of H-pyrrole nitrogens is 1. The van der Waals surface area contributed by atoms with E-state index in [4.69, 9.17) is 4.74 Å². The topological polar surface area (TPSA) is 92.4 Å². The molecule has 0 radical (unpaired) electrons. The maximum atomic E-state index is 12.3. The van der Waals surface area contributed by atoms with Crippen molar-refractivity contribution < 1.29 is 14.3 Å². The molecule has 0 spiro atoms. The summed E-state index contributed by atoms with van der Waals surface area (Å²) in [6.07, 6.45) is 0. The van der Waals surface area contributed by atoms with E-state index in [1.165, 1.54) is 4.90 Å². The van der Waals surface area contributed by atoms with Crippen molar-refractivity contribution in [3.05, 3.63) is 75.7 Å². The minimum absolute atomic E-state index is 0.0285. The summed E-state index contributed by atoms with van der Waals surface area (Å²) in [5.41, 5.74) is 1.70. The number of aryl methyl sites for hydroxylation is 1. The fourth-order valence-corrected chi connectivity index (χ4v) is 2.63. The Morgan fingerprint density at radius 2 is 1.74 bits per heavy atom. The Kier molecular flexibility index (Phi) is 5.30. The van der Waals surface area contributed by atoms with Crippen LogP contribution in [-0.4, -0.2) is 40.6 Å². The lowest BCUT2D eigenvalue weighted by atomic mass is 10.1. The Morgan fingerprint density at radius 3 is 2.44 bits per heavy atom. The van der Waals surface area contributed by atoms with Crippen LogP contribution in [0.3, 0.4) is 0 Å². The summed E-state index contributed by atoms with van der Waals surface area (Å²) in [5.74, 6) is -1.10. The molecule has 1 N–H and O–H groups in total. The van der Waals surface area contributed by atoms with Gasteiger partial charge in [-0.05, 0) is 18.6 Å². The Morgan fingerprint density at radius 1 is 1.07 bits per heavy atom. The van der Waals surface area contributed by atoms with Gasteiger partial charge in [0.1, 0.15) is 0 Å². The standard InChI is InChI=1S/C20H19N3O4/c1-13-7-9-14(10-8-13)11-23(2)17(24)12-27-20(26)18-15-5-3-4-6-16(15)19(25)22-21-18/h3-10H,11-12H2,1-2H3,(H,22,25). The first-order chi connectivity index (χ1) is 13.0. The van der Waals surface area contributed by atoms with Crippen molar-refractivity contribution in [3.63, 3.8) is 0 Å². The van der Waals surface area contributed by atoms with Crippen LogP contribution in [0, 0.1) is 6.92 Å². The van der Waals surface area contributed by atoms with E-state index < -0.39 is 18.1 Å². The molecule has 0 saturated carbocycles. The van der Waals surface area contributed by atoms with Crippen LogP contribution in [0.25, 0.3) is 10.8 Å². The Labute approximate surface area is 155 Å². The molecule has 0 aliphatic carbocycles. The van der Waals surface area contributed by atoms with Crippen molar-refractivity contribution >= 4 is 22.6 Å². The molecule has 1 heterocycles. The number of ether oxygens (including phenoxy) is 1. The van der Waals surface area contributed by atoms with Crippen LogP contribution < -0.4 is 5.56 Å². The molecule has 3 aromatic rings. The summed E-state index contributed by atoms with van der Waals surface area (Å²) >= 11 is 0. The molecule has 7 heteroatoms. The van der Waals surface area contributed by atoms with E-state index in [9.17, 15) is 14.4 Å². The van der Waals surface area contributed by atoms with Gasteiger partial charge in [0.05, 0.1) is 5.39 Å². The molecular weight excluding hydrogens is 346 g/mol. The second-order valence-corrected chi connectivity index (χ2v) is 6.26. The van der Waals surface area contributed by atoms with Gasteiger partial charge in [-0.2, -0.15) is 5.10 Å². The zero-order chi connectivity index (χ0) is 19.4. The molecule has 1 amide bonds. The quantitative estimate of drug-likeness (QED) is 0.699. The van der Waals surface area contributed by atoms with Gasteiger partial charge >= 0.3 is 5.97 Å². The van der Waals surface area contributed by atoms with Gasteiger partial charge in [-0.1, -0.05) is 48.0 Å². The van der Waals surface area contributed by atoms with Crippen molar-refractivity contribution in [2.45, 2.75) is 13.5 Å². The molecule has 0 atom stereocenters. The second-order valence-electron chi connectivity index (χ2n) is 6.26. The number of nitrogens with zero attached hydrogens (tertiary/aromatic N) is 2. The number of benzene rings is 2. The van der Waals surface area contributed by atoms with Gasteiger partial charge in [-0.3, -0.25) is 9.59 Å². The third-order valence-electron chi connectivity index (χ3n) is 4.18. The first-order valence-corrected chi connectivity index (χ1v) is 8.40. The fourth-order valence-electron chi connectivity index (χ4n) is 2.63. The zero-order valence-corrected chi connectivity index (χ0v) is 15.1. The Hall–Kier alpha value is -3.48. The monoisotopic (exact) mass is 365 g/mol. The van der Waals surface area contributed by atoms with Gasteiger partial charge in [0, 0.05) is 19.0 Å². The number of aromatic amines is 1. The first kappa shape index (κ1) is 18.3. The summed E-state index contributed by atoms with van der Waals surface area (Å²) in [6, 6.07) is 14.4. The summed E-state index contributed by atoms with van der Waals surface area (Å²) in [6.45, 7) is 2.00. The van der Waals surface area contributed by atoms with Gasteiger partial charge in [0.2, 0.25) is 0 Å². The predicted molar refractivity (Wildman–Crippen MR) is 100 cm³/mol. The Balaban J connectivity index is 1.65. The second kappa shape index (κ2) is 7.82. The van der Waals surface area contributed by atoms with E-state index in [-0.39, 0.29) is 11.6 Å². The molecule has 0 fully saturated rings. The van der Waals surface area contributed by atoms with E-state index in [0.717, 1.165) is 11.1 Å². The number of aromatic nitrogens is 2. The van der Waals surface area contributed by atoms with E-state index in [2.05, 4.69) is 10.2 Å². The highest BCUT2D eigenvalue weighted by Gasteiger charge is 2.18. The zero-order valence-electron chi connectivity index (χ0n) is 15.1. The molecule has 0 aliphatic rings. The molecular formula is C20H19N3O4. The number of esters is 1. The number of nitrogens with one attached hydrogen (secondary N) is 1. The molecule has 2 aromatic carbocycles. The first-order valence-electron chi connectivity index (χ1n) is 8.40. The van der Waals surface area contributed by atoms with Gasteiger partial charge in [0.25, 0.3) is 11.5 Å². The van der Waals surface area contributed by atoms with Crippen molar-refractivity contribution in [1.29, 1.82) is 0 Å². The van der Waals surface area contributed by atoms with Gasteiger partial charge in [0.15, 0.2) is 12.3 Å². The van der Waals surface area contributed by atoms with E-state index >= 15 is 0 Å². The number of carbonyl (C=O) groups excluding carboxylic acids is 2. The number of hydrogen-bond donors (Lipinski definition) is 1. The van der Waals surface area contributed by atoms with Crippen molar-refractivity contribution in [2.24, 2.45) is 0 Å². The highest BCUT2D eigenvalue weighted by atomic mass is 16.5. The van der Waals surface area contributed by atoms with E-state index in [1.807, 2.05) is 31.2 Å². The highest BCUT2D eigenvalue weighted by Crippen LogP contribution is 2.13. The molecule has 138 valence electrons. The number of amides is 1. The molecule has 1 aromatic heterocycles. The third-order valence-corrected chi connectivity index (χ3v) is 4.18. The Bertz CT molecular complexity index is 1040. The largest absolute Gasteiger partial charge is 0.451 e. The van der Waals surface area contributed by atoms with Crippen LogP contribution in [0.1, 0.15) is 21.6 Å². The third kappa shape index (κ3) is 4.20. The minimum atomic E-state index is -0.764. The lowest BCUT2D eigenvalue weighted by Crippen LogP contribution is -2.31. The van der Waals surface area contributed by atoms with E-state index in [1.54, 1.807) is 31.3 Å². The van der Waals surface area contributed by atoms with Crippen LogP contribution in [-0.2, 0) is 16.1 Å². The highest BCUT2D eigenvalue weighted by molar-refractivity contribution is 6.02. The molecule has 0 aliphatic heterocycles. The number of likely N-dealkylation sites (N-methyl/N-ethyl adjacent to an activating group) is 1. The smallest absolute Gasteiger partial charge is 0.359 e. The maximum absolute atomic E-state index is 12.3. The van der Waals surface area contributed by atoms with Crippen LogP contribution in [0.4, 0.5) is 0 Å². The molecule has 0 saturated heterocycles. The van der Waals surface area contributed by atoms with Crippen LogP contribution >= 0.6 is 0 Å². The number of hydrogen-bond acceptors (Lipinski definition) is 5. The fraction of sp³-hybridized carbons (Fsp3) is 0.200.